The lowest BCUT2D eigenvalue weighted by atomic mass is 10.1. The number of rotatable bonds is 2. The van der Waals surface area contributed by atoms with E-state index in [0.717, 1.165) is 27.7 Å². The third-order valence-corrected chi connectivity index (χ3v) is 3.28. The second-order valence-corrected chi connectivity index (χ2v) is 4.87. The number of imidazole rings is 1. The van der Waals surface area contributed by atoms with Crippen LogP contribution in [0.25, 0.3) is 16.9 Å². The molecule has 0 aliphatic carbocycles. The number of fused-ring (bicyclic) bond motifs is 1. The minimum absolute atomic E-state index is 0.675. The summed E-state index contributed by atoms with van der Waals surface area (Å²) in [7, 11) is 0. The molecule has 0 unspecified atom stereocenters. The van der Waals surface area contributed by atoms with Crippen LogP contribution >= 0.6 is 15.9 Å². The predicted molar refractivity (Wildman–Crippen MR) is 73.7 cm³/mol. The molecule has 88 valence electrons. The van der Waals surface area contributed by atoms with Gasteiger partial charge in [-0.1, -0.05) is 24.3 Å². The van der Waals surface area contributed by atoms with Crippen molar-refractivity contribution in [3.8, 4) is 11.3 Å². The van der Waals surface area contributed by atoms with E-state index in [2.05, 4.69) is 20.9 Å². The molecule has 0 radical (unpaired) electrons. The van der Waals surface area contributed by atoms with Crippen LogP contribution < -0.4 is 0 Å². The monoisotopic (exact) mass is 300 g/mol. The third kappa shape index (κ3) is 1.84. The molecule has 0 fully saturated rings. The number of carbonyl (C=O) groups excluding carboxylic acids is 1. The molecule has 0 N–H and O–H groups in total. The lowest BCUT2D eigenvalue weighted by Crippen LogP contribution is -1.88. The second kappa shape index (κ2) is 4.38. The fourth-order valence-electron chi connectivity index (χ4n) is 1.90. The molecule has 2 aromatic heterocycles. The van der Waals surface area contributed by atoms with Gasteiger partial charge in [-0.15, -0.1) is 0 Å². The highest BCUT2D eigenvalue weighted by molar-refractivity contribution is 9.10. The Morgan fingerprint density at radius 3 is 2.61 bits per heavy atom. The summed E-state index contributed by atoms with van der Waals surface area (Å²) in [4.78, 5) is 15.0. The maximum atomic E-state index is 10.6. The SMILES string of the molecule is O=Cc1ccc(-c2cnc3ccc(Br)cn23)cc1. The Kier molecular flexibility index (Phi) is 2.72. The largest absolute Gasteiger partial charge is 0.299 e. The molecule has 0 bridgehead atoms. The zero-order valence-corrected chi connectivity index (χ0v) is 11.0. The van der Waals surface area contributed by atoms with Gasteiger partial charge in [-0.05, 0) is 28.1 Å². The standard InChI is InChI=1S/C14H9BrN2O/c15-12-5-6-14-16-7-13(17(14)8-12)11-3-1-10(9-18)2-4-11/h1-9H. The Morgan fingerprint density at radius 2 is 1.89 bits per heavy atom. The average Bonchev–Trinajstić information content (AvgIpc) is 2.82. The zero-order chi connectivity index (χ0) is 12.5. The van der Waals surface area contributed by atoms with Gasteiger partial charge in [0.1, 0.15) is 11.9 Å². The number of hydrogen-bond acceptors (Lipinski definition) is 2. The molecule has 3 aromatic rings. The van der Waals surface area contributed by atoms with Crippen molar-refractivity contribution in [2.24, 2.45) is 0 Å². The number of pyridine rings is 1. The fraction of sp³-hybridized carbons (Fsp3) is 0. The molecule has 0 amide bonds. The van der Waals surface area contributed by atoms with E-state index in [1.165, 1.54) is 0 Å². The van der Waals surface area contributed by atoms with E-state index in [1.54, 1.807) is 12.1 Å². The first kappa shape index (κ1) is 11.2. The van der Waals surface area contributed by atoms with Gasteiger partial charge in [0.05, 0.1) is 11.9 Å². The quantitative estimate of drug-likeness (QED) is 0.678. The molecule has 0 saturated heterocycles. The van der Waals surface area contributed by atoms with Gasteiger partial charge >= 0.3 is 0 Å². The van der Waals surface area contributed by atoms with Gasteiger partial charge in [0.15, 0.2) is 0 Å². The van der Waals surface area contributed by atoms with Gasteiger partial charge in [-0.25, -0.2) is 4.98 Å². The first-order valence-electron chi connectivity index (χ1n) is 5.46. The highest BCUT2D eigenvalue weighted by Gasteiger charge is 2.05. The van der Waals surface area contributed by atoms with Gasteiger partial charge in [0.25, 0.3) is 0 Å². The maximum Gasteiger partial charge on any atom is 0.150 e. The van der Waals surface area contributed by atoms with E-state index < -0.39 is 0 Å². The number of aldehydes is 1. The highest BCUT2D eigenvalue weighted by atomic mass is 79.9. The van der Waals surface area contributed by atoms with Crippen molar-refractivity contribution in [1.29, 1.82) is 0 Å². The summed E-state index contributed by atoms with van der Waals surface area (Å²) >= 11 is 3.45. The molecule has 0 atom stereocenters. The minimum Gasteiger partial charge on any atom is -0.299 e. The third-order valence-electron chi connectivity index (χ3n) is 2.81. The molecular formula is C14H9BrN2O. The lowest BCUT2D eigenvalue weighted by Gasteiger charge is -2.02. The summed E-state index contributed by atoms with van der Waals surface area (Å²) < 4.78 is 3.01. The van der Waals surface area contributed by atoms with Crippen LogP contribution in [0.5, 0.6) is 0 Å². The molecule has 0 aliphatic heterocycles. The molecule has 0 spiro atoms. The van der Waals surface area contributed by atoms with Crippen LogP contribution in [-0.4, -0.2) is 15.7 Å². The van der Waals surface area contributed by atoms with Crippen molar-refractivity contribution in [2.75, 3.05) is 0 Å². The van der Waals surface area contributed by atoms with E-state index in [0.29, 0.717) is 5.56 Å². The van der Waals surface area contributed by atoms with Crippen molar-refractivity contribution in [2.45, 2.75) is 0 Å². The van der Waals surface area contributed by atoms with E-state index >= 15 is 0 Å². The topological polar surface area (TPSA) is 34.4 Å². The Morgan fingerprint density at radius 1 is 1.11 bits per heavy atom. The summed E-state index contributed by atoms with van der Waals surface area (Å²) in [5.41, 5.74) is 3.61. The Balaban J connectivity index is 2.18. The van der Waals surface area contributed by atoms with Crippen molar-refractivity contribution < 1.29 is 4.79 Å². The number of benzene rings is 1. The Hall–Kier alpha value is -1.94. The van der Waals surface area contributed by atoms with Gasteiger partial charge in [0.2, 0.25) is 0 Å². The number of nitrogens with zero attached hydrogens (tertiary/aromatic N) is 2. The van der Waals surface area contributed by atoms with Crippen LogP contribution in [0.15, 0.2) is 53.3 Å². The normalized spacial score (nSPS) is 10.7. The maximum absolute atomic E-state index is 10.6. The van der Waals surface area contributed by atoms with Crippen LogP contribution in [0.3, 0.4) is 0 Å². The summed E-state index contributed by atoms with van der Waals surface area (Å²) in [5, 5.41) is 0. The summed E-state index contributed by atoms with van der Waals surface area (Å²) in [6.45, 7) is 0. The molecule has 1 aromatic carbocycles. The second-order valence-electron chi connectivity index (χ2n) is 3.96. The van der Waals surface area contributed by atoms with E-state index in [-0.39, 0.29) is 0 Å². The van der Waals surface area contributed by atoms with E-state index in [4.69, 9.17) is 0 Å². The van der Waals surface area contributed by atoms with Gasteiger partial charge in [0, 0.05) is 21.8 Å². The summed E-state index contributed by atoms with van der Waals surface area (Å²) in [5.74, 6) is 0. The average molecular weight is 301 g/mol. The Bertz CT molecular complexity index is 716. The Labute approximate surface area is 112 Å². The van der Waals surface area contributed by atoms with Crippen molar-refractivity contribution in [1.82, 2.24) is 9.38 Å². The van der Waals surface area contributed by atoms with Gasteiger partial charge < -0.3 is 0 Å². The molecule has 3 nitrogen and oxygen atoms in total. The lowest BCUT2D eigenvalue weighted by molar-refractivity contribution is 0.112. The molecule has 2 heterocycles. The van der Waals surface area contributed by atoms with Crippen LogP contribution in [0.4, 0.5) is 0 Å². The summed E-state index contributed by atoms with van der Waals surface area (Å²) in [6, 6.07) is 11.4. The number of halogens is 1. The van der Waals surface area contributed by atoms with E-state index in [1.807, 2.05) is 41.1 Å². The van der Waals surface area contributed by atoms with Crippen LogP contribution in [-0.2, 0) is 0 Å². The van der Waals surface area contributed by atoms with Crippen LogP contribution in [0, 0.1) is 0 Å². The molecule has 0 aliphatic rings. The molecule has 0 saturated carbocycles. The number of hydrogen-bond donors (Lipinski definition) is 0. The summed E-state index contributed by atoms with van der Waals surface area (Å²) in [6.07, 6.45) is 4.65. The van der Waals surface area contributed by atoms with Crippen LogP contribution in [0.1, 0.15) is 10.4 Å². The minimum atomic E-state index is 0.675. The molecular weight excluding hydrogens is 292 g/mol. The number of carbonyl (C=O) groups is 1. The zero-order valence-electron chi connectivity index (χ0n) is 9.38. The first-order valence-corrected chi connectivity index (χ1v) is 6.25. The van der Waals surface area contributed by atoms with Crippen LogP contribution in [0.2, 0.25) is 0 Å². The predicted octanol–water partition coefficient (Wildman–Crippen LogP) is 3.58. The van der Waals surface area contributed by atoms with Gasteiger partial charge in [-0.2, -0.15) is 0 Å². The van der Waals surface area contributed by atoms with Crippen molar-refractivity contribution in [3.05, 3.63) is 58.8 Å². The van der Waals surface area contributed by atoms with E-state index in [9.17, 15) is 4.79 Å². The van der Waals surface area contributed by atoms with Crippen molar-refractivity contribution >= 4 is 27.9 Å². The molecule has 4 heteroatoms. The van der Waals surface area contributed by atoms with Crippen molar-refractivity contribution in [3.63, 3.8) is 0 Å². The molecule has 18 heavy (non-hydrogen) atoms. The highest BCUT2D eigenvalue weighted by Crippen LogP contribution is 2.22. The first-order chi connectivity index (χ1) is 8.78. The number of aromatic nitrogens is 2. The fourth-order valence-corrected chi connectivity index (χ4v) is 2.24. The smallest absolute Gasteiger partial charge is 0.150 e. The van der Waals surface area contributed by atoms with Gasteiger partial charge in [-0.3, -0.25) is 9.20 Å². The molecule has 3 rings (SSSR count).